The van der Waals surface area contributed by atoms with E-state index in [4.69, 9.17) is 4.74 Å². The van der Waals surface area contributed by atoms with Crippen LogP contribution in [0.4, 0.5) is 0 Å². The van der Waals surface area contributed by atoms with Crippen molar-refractivity contribution in [1.29, 1.82) is 0 Å². The van der Waals surface area contributed by atoms with Crippen LogP contribution in [0.1, 0.15) is 22.6 Å². The summed E-state index contributed by atoms with van der Waals surface area (Å²) in [6, 6.07) is 68.5. The summed E-state index contributed by atoms with van der Waals surface area (Å²) in [5, 5.41) is 12.2. The second kappa shape index (κ2) is 11.4. The first-order valence-corrected chi connectivity index (χ1v) is 18.1. The highest BCUT2D eigenvalue weighted by atomic mass is 16.5. The molecule has 1 aliphatic heterocycles. The van der Waals surface area contributed by atoms with E-state index >= 15 is 0 Å². The Bertz CT molecular complexity index is 2900. The van der Waals surface area contributed by atoms with Gasteiger partial charge in [-0.1, -0.05) is 188 Å². The van der Waals surface area contributed by atoms with Crippen LogP contribution in [-0.2, 0) is 0 Å². The van der Waals surface area contributed by atoms with Gasteiger partial charge < -0.3 is 4.74 Å². The molecule has 0 spiro atoms. The Balaban J connectivity index is 1.20. The molecule has 10 aromatic rings. The molecule has 1 aliphatic rings. The largest absolute Gasteiger partial charge is 0.455 e. The van der Waals surface area contributed by atoms with Crippen LogP contribution in [0, 0.1) is 0 Å². The summed E-state index contributed by atoms with van der Waals surface area (Å²) >= 11 is 0. The lowest BCUT2D eigenvalue weighted by molar-refractivity contribution is 0.467. The summed E-state index contributed by atoms with van der Waals surface area (Å²) in [6.07, 6.45) is 0. The van der Waals surface area contributed by atoms with Crippen LogP contribution < -0.4 is 4.74 Å². The second-order valence-corrected chi connectivity index (χ2v) is 13.9. The first kappa shape index (κ1) is 29.1. The van der Waals surface area contributed by atoms with E-state index in [9.17, 15) is 0 Å². The molecule has 10 aromatic carbocycles. The molecule has 0 unspecified atom stereocenters. The van der Waals surface area contributed by atoms with Gasteiger partial charge in [0, 0.05) is 27.8 Å². The van der Waals surface area contributed by atoms with Gasteiger partial charge in [-0.15, -0.1) is 0 Å². The molecule has 1 nitrogen and oxygen atoms in total. The highest BCUT2D eigenvalue weighted by Crippen LogP contribution is 2.57. The van der Waals surface area contributed by atoms with E-state index in [0.717, 1.165) is 22.3 Å². The topological polar surface area (TPSA) is 9.23 Å². The molecule has 52 heavy (non-hydrogen) atoms. The fourth-order valence-electron chi connectivity index (χ4n) is 8.94. The third-order valence-corrected chi connectivity index (χ3v) is 11.2. The number of rotatable bonds is 3. The lowest BCUT2D eigenvalue weighted by atomic mass is 9.76. The first-order valence-electron chi connectivity index (χ1n) is 18.1. The smallest absolute Gasteiger partial charge is 0.140 e. The molecule has 0 N–H and O–H groups in total. The number of hydrogen-bond donors (Lipinski definition) is 0. The van der Waals surface area contributed by atoms with Crippen molar-refractivity contribution < 1.29 is 4.74 Å². The molecule has 0 radical (unpaired) electrons. The SMILES string of the molecule is c1ccc(-c2cccc3cccc(-c4ccc(C5c6c(c7ccccc7c7ccccc67)Oc6c5c5ccccc5c5ccccc65)cc4)c23)cc1. The normalized spacial score (nSPS) is 12.7. The molecule has 0 aliphatic carbocycles. The van der Waals surface area contributed by atoms with Crippen LogP contribution in [0.25, 0.3) is 76.1 Å². The van der Waals surface area contributed by atoms with Crippen molar-refractivity contribution in [3.05, 3.63) is 205 Å². The van der Waals surface area contributed by atoms with Crippen molar-refractivity contribution in [2.45, 2.75) is 5.92 Å². The lowest BCUT2D eigenvalue weighted by Crippen LogP contribution is -2.14. The van der Waals surface area contributed by atoms with Crippen molar-refractivity contribution >= 4 is 53.9 Å². The summed E-state index contributed by atoms with van der Waals surface area (Å²) in [5.74, 6) is 1.86. The Morgan fingerprint density at radius 1 is 0.308 bits per heavy atom. The average molecular weight is 661 g/mol. The Morgan fingerprint density at radius 2 is 0.712 bits per heavy atom. The summed E-state index contributed by atoms with van der Waals surface area (Å²) in [4.78, 5) is 0. The molecule has 0 amide bonds. The maximum atomic E-state index is 7.27. The molecule has 1 heterocycles. The van der Waals surface area contributed by atoms with E-state index in [1.54, 1.807) is 0 Å². The molecule has 242 valence electrons. The van der Waals surface area contributed by atoms with Crippen molar-refractivity contribution in [3.8, 4) is 33.8 Å². The molecule has 0 atom stereocenters. The molecule has 0 aromatic heterocycles. The first-order chi connectivity index (χ1) is 25.8. The molecule has 0 bridgehead atoms. The van der Waals surface area contributed by atoms with Crippen LogP contribution in [0.5, 0.6) is 11.5 Å². The minimum atomic E-state index is -0.0517. The summed E-state index contributed by atoms with van der Waals surface area (Å²) in [5.41, 5.74) is 8.63. The average Bonchev–Trinajstić information content (AvgIpc) is 3.23. The van der Waals surface area contributed by atoms with Gasteiger partial charge in [0.25, 0.3) is 0 Å². The lowest BCUT2D eigenvalue weighted by Gasteiger charge is -2.33. The molecule has 1 heteroatoms. The fourth-order valence-corrected chi connectivity index (χ4v) is 8.94. The van der Waals surface area contributed by atoms with Crippen LogP contribution in [0.15, 0.2) is 188 Å². The van der Waals surface area contributed by atoms with Crippen LogP contribution in [-0.4, -0.2) is 0 Å². The van der Waals surface area contributed by atoms with Crippen LogP contribution in [0.2, 0.25) is 0 Å². The number of fused-ring (bicyclic) bond motifs is 13. The minimum Gasteiger partial charge on any atom is -0.455 e. The van der Waals surface area contributed by atoms with Gasteiger partial charge in [-0.25, -0.2) is 0 Å². The van der Waals surface area contributed by atoms with E-state index in [0.29, 0.717) is 0 Å². The second-order valence-electron chi connectivity index (χ2n) is 13.9. The Kier molecular flexibility index (Phi) is 6.38. The maximum absolute atomic E-state index is 7.27. The number of hydrogen-bond acceptors (Lipinski definition) is 1. The van der Waals surface area contributed by atoms with Crippen LogP contribution in [0.3, 0.4) is 0 Å². The van der Waals surface area contributed by atoms with Crippen molar-refractivity contribution in [1.82, 2.24) is 0 Å². The van der Waals surface area contributed by atoms with E-state index < -0.39 is 0 Å². The van der Waals surface area contributed by atoms with E-state index in [2.05, 4.69) is 188 Å². The van der Waals surface area contributed by atoms with Gasteiger partial charge in [-0.2, -0.15) is 0 Å². The predicted octanol–water partition coefficient (Wildman–Crippen LogP) is 14.1. The summed E-state index contributed by atoms with van der Waals surface area (Å²) in [6.45, 7) is 0. The third kappa shape index (κ3) is 4.23. The van der Waals surface area contributed by atoms with Gasteiger partial charge in [0.1, 0.15) is 11.5 Å². The number of ether oxygens (including phenoxy) is 1. The standard InChI is InChI=1S/C51H32O/c1-2-14-32(15-3-1)36-26-12-16-34-17-13-27-37(46(34)36)33-28-30-35(31-29-33)47-48-42-22-8-4-18-38(42)40-20-6-10-24-44(40)50(48)52-51-45-25-11-7-21-41(45)39-19-5-9-23-43(39)49(47)51/h1-31,47H. The highest BCUT2D eigenvalue weighted by Gasteiger charge is 2.35. The quantitative estimate of drug-likeness (QED) is 0.171. The Labute approximate surface area is 302 Å². The van der Waals surface area contributed by atoms with Crippen molar-refractivity contribution in [2.75, 3.05) is 0 Å². The Morgan fingerprint density at radius 3 is 1.21 bits per heavy atom. The zero-order chi connectivity index (χ0) is 34.2. The molecular formula is C51H32O. The van der Waals surface area contributed by atoms with Gasteiger partial charge in [0.05, 0.1) is 0 Å². The van der Waals surface area contributed by atoms with Gasteiger partial charge >= 0.3 is 0 Å². The van der Waals surface area contributed by atoms with Crippen LogP contribution >= 0.6 is 0 Å². The third-order valence-electron chi connectivity index (χ3n) is 11.2. The number of benzene rings is 10. The summed E-state index contributed by atoms with van der Waals surface area (Å²) in [7, 11) is 0. The van der Waals surface area contributed by atoms with Gasteiger partial charge in [0.15, 0.2) is 0 Å². The molecule has 0 saturated carbocycles. The predicted molar refractivity (Wildman–Crippen MR) is 219 cm³/mol. The monoisotopic (exact) mass is 660 g/mol. The van der Waals surface area contributed by atoms with E-state index in [-0.39, 0.29) is 5.92 Å². The zero-order valence-electron chi connectivity index (χ0n) is 28.4. The molecule has 0 fully saturated rings. The highest BCUT2D eigenvalue weighted by molar-refractivity contribution is 6.17. The Hall–Kier alpha value is -6.70. The molecular weight excluding hydrogens is 629 g/mol. The van der Waals surface area contributed by atoms with E-state index in [1.165, 1.54) is 82.0 Å². The van der Waals surface area contributed by atoms with E-state index in [1.807, 2.05) is 0 Å². The van der Waals surface area contributed by atoms with Gasteiger partial charge in [-0.05, 0) is 70.9 Å². The maximum Gasteiger partial charge on any atom is 0.140 e. The minimum absolute atomic E-state index is 0.0517. The van der Waals surface area contributed by atoms with Gasteiger partial charge in [0.2, 0.25) is 0 Å². The molecule has 0 saturated heterocycles. The van der Waals surface area contributed by atoms with Gasteiger partial charge in [-0.3, -0.25) is 0 Å². The van der Waals surface area contributed by atoms with Crippen molar-refractivity contribution in [2.24, 2.45) is 0 Å². The van der Waals surface area contributed by atoms with Crippen molar-refractivity contribution in [3.63, 3.8) is 0 Å². The molecule has 11 rings (SSSR count). The zero-order valence-corrected chi connectivity index (χ0v) is 28.4. The summed E-state index contributed by atoms with van der Waals surface area (Å²) < 4.78 is 7.27. The fraction of sp³-hybridized carbons (Fsp3) is 0.0196.